The Kier molecular flexibility index (Phi) is 4.70. The number of ketones is 3. The van der Waals surface area contributed by atoms with Crippen molar-refractivity contribution in [2.75, 3.05) is 0 Å². The summed E-state index contributed by atoms with van der Waals surface area (Å²) in [5.74, 6) is -0.442. The second kappa shape index (κ2) is 7.77. The van der Waals surface area contributed by atoms with E-state index in [0.29, 0.717) is 28.2 Å². The molecule has 0 N–H and O–H groups in total. The maximum absolute atomic E-state index is 12.8. The number of benzene rings is 2. The number of carbonyl (C=O) groups is 3. The van der Waals surface area contributed by atoms with Crippen molar-refractivity contribution in [3.63, 3.8) is 0 Å². The molecule has 0 saturated heterocycles. The zero-order chi connectivity index (χ0) is 23.4. The van der Waals surface area contributed by atoms with Crippen molar-refractivity contribution in [1.82, 2.24) is 0 Å². The molecule has 4 heteroatoms. The lowest BCUT2D eigenvalue weighted by Gasteiger charge is -2.28. The van der Waals surface area contributed by atoms with E-state index in [1.807, 2.05) is 0 Å². The summed E-state index contributed by atoms with van der Waals surface area (Å²) in [6.07, 6.45) is 11.1. The van der Waals surface area contributed by atoms with Crippen LogP contribution in [0.5, 0.6) is 0 Å². The van der Waals surface area contributed by atoms with Gasteiger partial charge in [-0.05, 0) is 66.0 Å². The molecular weight excluding hydrogens is 424 g/mol. The van der Waals surface area contributed by atoms with Gasteiger partial charge in [-0.15, -0.1) is 0 Å². The van der Waals surface area contributed by atoms with Crippen molar-refractivity contribution in [3.8, 4) is 0 Å². The van der Waals surface area contributed by atoms with Crippen LogP contribution < -0.4 is 5.11 Å². The largest absolute Gasteiger partial charge is 0.872 e. The van der Waals surface area contributed by atoms with Crippen molar-refractivity contribution in [2.45, 2.75) is 25.7 Å². The number of carbonyl (C=O) groups excluding carboxylic acids is 3. The van der Waals surface area contributed by atoms with Crippen molar-refractivity contribution in [2.24, 2.45) is 5.92 Å². The van der Waals surface area contributed by atoms with E-state index in [4.69, 9.17) is 0 Å². The monoisotopic (exact) mass is 445 g/mol. The van der Waals surface area contributed by atoms with E-state index in [2.05, 4.69) is 12.2 Å². The second-order valence-electron chi connectivity index (χ2n) is 9.24. The number of hydrogen-bond acceptors (Lipinski definition) is 4. The number of allylic oxidation sites excluding steroid dienone is 9. The van der Waals surface area contributed by atoms with Gasteiger partial charge in [0.2, 0.25) is 0 Å². The molecule has 0 spiro atoms. The van der Waals surface area contributed by atoms with Gasteiger partial charge in [-0.25, -0.2) is 0 Å². The van der Waals surface area contributed by atoms with Crippen LogP contribution in [0.1, 0.15) is 62.3 Å². The van der Waals surface area contributed by atoms with Crippen LogP contribution in [0, 0.1) is 5.92 Å². The van der Waals surface area contributed by atoms with Crippen LogP contribution in [0.25, 0.3) is 5.76 Å². The molecule has 1 unspecified atom stereocenters. The molecule has 34 heavy (non-hydrogen) atoms. The fourth-order valence-electron chi connectivity index (χ4n) is 5.41. The van der Waals surface area contributed by atoms with Crippen molar-refractivity contribution in [1.29, 1.82) is 0 Å². The summed E-state index contributed by atoms with van der Waals surface area (Å²) in [5.41, 5.74) is 5.39. The Morgan fingerprint density at radius 3 is 1.94 bits per heavy atom. The Balaban J connectivity index is 1.32. The topological polar surface area (TPSA) is 74.3 Å². The van der Waals surface area contributed by atoms with Crippen LogP contribution in [0.2, 0.25) is 0 Å². The molecule has 0 saturated carbocycles. The van der Waals surface area contributed by atoms with Crippen LogP contribution in [-0.4, -0.2) is 17.3 Å². The smallest absolute Gasteiger partial charge is 0.197 e. The van der Waals surface area contributed by atoms with Gasteiger partial charge in [0.1, 0.15) is 0 Å². The molecule has 166 valence electrons. The van der Waals surface area contributed by atoms with Gasteiger partial charge in [0.25, 0.3) is 0 Å². The van der Waals surface area contributed by atoms with Gasteiger partial charge < -0.3 is 5.11 Å². The van der Waals surface area contributed by atoms with Crippen molar-refractivity contribution in [3.05, 3.63) is 123 Å². The fourth-order valence-corrected chi connectivity index (χ4v) is 5.41. The summed E-state index contributed by atoms with van der Waals surface area (Å²) < 4.78 is 0. The molecule has 0 bridgehead atoms. The lowest BCUT2D eigenvalue weighted by Crippen LogP contribution is -2.14. The molecular formula is C30H21O4-. The van der Waals surface area contributed by atoms with E-state index in [0.717, 1.165) is 42.4 Å². The quantitative estimate of drug-likeness (QED) is 0.485. The van der Waals surface area contributed by atoms with Crippen LogP contribution >= 0.6 is 0 Å². The standard InChI is InChI=1S/C30H22O4/c31-27-21-5-1-2-6-22(21)28(32)25(27)15-17-9-11-19-12-10-18(14-20(19)13-17)16-26-29(33)23-7-3-4-8-24(23)30(26)34/h1-8,13-16,19,31H,9-12H2/p-1/b17-15+. The zero-order valence-electron chi connectivity index (χ0n) is 18.5. The molecule has 0 aliphatic heterocycles. The normalized spacial score (nSPS) is 22.5. The second-order valence-corrected chi connectivity index (χ2v) is 9.24. The zero-order valence-corrected chi connectivity index (χ0v) is 18.5. The minimum absolute atomic E-state index is 0.212. The summed E-state index contributed by atoms with van der Waals surface area (Å²) in [4.78, 5) is 38.3. The molecule has 0 amide bonds. The Morgan fingerprint density at radius 2 is 1.29 bits per heavy atom. The lowest BCUT2D eigenvalue weighted by atomic mass is 9.77. The fraction of sp³-hybridized carbons (Fsp3) is 0.167. The third kappa shape index (κ3) is 3.18. The van der Waals surface area contributed by atoms with Crippen molar-refractivity contribution >= 4 is 23.1 Å². The van der Waals surface area contributed by atoms with E-state index in [1.54, 1.807) is 60.7 Å². The van der Waals surface area contributed by atoms with E-state index in [1.165, 1.54) is 0 Å². The molecule has 2 aromatic carbocycles. The van der Waals surface area contributed by atoms with Crippen LogP contribution in [0.15, 0.2) is 101 Å². The first-order valence-corrected chi connectivity index (χ1v) is 11.6. The summed E-state index contributed by atoms with van der Waals surface area (Å²) in [6.45, 7) is 0. The third-order valence-corrected chi connectivity index (χ3v) is 7.21. The van der Waals surface area contributed by atoms with Gasteiger partial charge in [0, 0.05) is 22.3 Å². The Labute approximate surface area is 197 Å². The molecule has 0 fully saturated rings. The molecule has 1 atom stereocenters. The average molecular weight is 445 g/mol. The predicted molar refractivity (Wildman–Crippen MR) is 127 cm³/mol. The molecule has 0 radical (unpaired) electrons. The molecule has 0 heterocycles. The predicted octanol–water partition coefficient (Wildman–Crippen LogP) is 4.94. The number of rotatable bonds is 2. The first kappa shape index (κ1) is 20.5. The number of hydrogen-bond donors (Lipinski definition) is 0. The van der Waals surface area contributed by atoms with E-state index in [9.17, 15) is 19.5 Å². The van der Waals surface area contributed by atoms with Crippen LogP contribution in [-0.2, 0) is 0 Å². The Hall–Kier alpha value is -4.05. The molecule has 4 aliphatic carbocycles. The molecule has 4 aliphatic rings. The Bertz CT molecular complexity index is 1420. The summed E-state index contributed by atoms with van der Waals surface area (Å²) in [6, 6.07) is 13.9. The first-order chi connectivity index (χ1) is 16.5. The van der Waals surface area contributed by atoms with E-state index < -0.39 is 0 Å². The van der Waals surface area contributed by atoms with Crippen LogP contribution in [0.3, 0.4) is 0 Å². The van der Waals surface area contributed by atoms with E-state index >= 15 is 0 Å². The molecule has 6 rings (SSSR count). The number of Topliss-reactive ketones (excluding diaryl/α,β-unsaturated/α-hetero) is 3. The maximum Gasteiger partial charge on any atom is 0.197 e. The minimum Gasteiger partial charge on any atom is -0.872 e. The highest BCUT2D eigenvalue weighted by atomic mass is 16.3. The summed E-state index contributed by atoms with van der Waals surface area (Å²) >= 11 is 0. The average Bonchev–Trinajstić information content (AvgIpc) is 3.25. The summed E-state index contributed by atoms with van der Waals surface area (Å²) in [5, 5.41) is 12.8. The molecule has 4 nitrogen and oxygen atoms in total. The first-order valence-electron chi connectivity index (χ1n) is 11.6. The third-order valence-electron chi connectivity index (χ3n) is 7.21. The lowest BCUT2D eigenvalue weighted by molar-refractivity contribution is -0.244. The minimum atomic E-state index is -0.212. The van der Waals surface area contributed by atoms with Gasteiger partial charge in [-0.1, -0.05) is 66.4 Å². The maximum atomic E-state index is 12.8. The van der Waals surface area contributed by atoms with Crippen LogP contribution in [0.4, 0.5) is 0 Å². The highest BCUT2D eigenvalue weighted by Gasteiger charge is 2.33. The SMILES string of the molecule is O=C1C(=CC2=CC3=C/C(=C/C4=C([O-])c5ccccc5C4=O)CCC3CC2)C(=O)c2ccccc21. The van der Waals surface area contributed by atoms with Gasteiger partial charge >= 0.3 is 0 Å². The van der Waals surface area contributed by atoms with Gasteiger partial charge in [-0.3, -0.25) is 14.4 Å². The van der Waals surface area contributed by atoms with Gasteiger partial charge in [0.05, 0.1) is 5.57 Å². The number of fused-ring (bicyclic) bond motifs is 3. The highest BCUT2D eigenvalue weighted by molar-refractivity contribution is 6.39. The van der Waals surface area contributed by atoms with E-state index in [-0.39, 0.29) is 34.3 Å². The molecule has 0 aromatic heterocycles. The Morgan fingerprint density at radius 1 is 0.706 bits per heavy atom. The summed E-state index contributed by atoms with van der Waals surface area (Å²) in [7, 11) is 0. The molecule has 2 aromatic rings. The van der Waals surface area contributed by atoms with Crippen molar-refractivity contribution < 1.29 is 19.5 Å². The van der Waals surface area contributed by atoms with Gasteiger partial charge in [0.15, 0.2) is 17.3 Å². The van der Waals surface area contributed by atoms with Gasteiger partial charge in [-0.2, -0.15) is 0 Å². The highest BCUT2D eigenvalue weighted by Crippen LogP contribution is 2.40.